The molecule has 0 aliphatic carbocycles. The Balaban J connectivity index is 1.75. The Hall–Kier alpha value is -2.36. The van der Waals surface area contributed by atoms with Gasteiger partial charge in [-0.3, -0.25) is 0 Å². The number of ether oxygens (including phenoxy) is 2. The van der Waals surface area contributed by atoms with Crippen molar-refractivity contribution in [1.29, 1.82) is 0 Å². The van der Waals surface area contributed by atoms with Gasteiger partial charge in [0.1, 0.15) is 11.5 Å². The molecule has 0 unspecified atom stereocenters. The fourth-order valence-corrected chi connectivity index (χ4v) is 1.86. The Kier molecular flexibility index (Phi) is 5.12. The summed E-state index contributed by atoms with van der Waals surface area (Å²) in [5, 5.41) is 6.69. The van der Waals surface area contributed by atoms with Gasteiger partial charge in [-0.05, 0) is 36.4 Å². The van der Waals surface area contributed by atoms with Crippen LogP contribution in [0.2, 0.25) is 0 Å². The zero-order chi connectivity index (χ0) is 14.2. The first-order chi connectivity index (χ1) is 9.81. The number of methoxy groups -OCH3 is 2. The summed E-state index contributed by atoms with van der Waals surface area (Å²) in [5.41, 5.74) is 2.14. The highest BCUT2D eigenvalue weighted by atomic mass is 16.5. The fourth-order valence-electron chi connectivity index (χ4n) is 1.86. The molecule has 2 aromatic carbocycles. The lowest BCUT2D eigenvalue weighted by Gasteiger charge is -2.10. The van der Waals surface area contributed by atoms with Gasteiger partial charge < -0.3 is 20.1 Å². The zero-order valence-corrected chi connectivity index (χ0v) is 11.8. The second-order valence-electron chi connectivity index (χ2n) is 4.31. The van der Waals surface area contributed by atoms with E-state index in [2.05, 4.69) is 10.6 Å². The van der Waals surface area contributed by atoms with E-state index in [9.17, 15) is 0 Å². The van der Waals surface area contributed by atoms with Gasteiger partial charge in [-0.15, -0.1) is 0 Å². The number of nitrogens with one attached hydrogen (secondary N) is 2. The van der Waals surface area contributed by atoms with Gasteiger partial charge >= 0.3 is 0 Å². The smallest absolute Gasteiger partial charge is 0.120 e. The van der Waals surface area contributed by atoms with Gasteiger partial charge in [-0.1, -0.05) is 6.07 Å². The molecular formula is C16H20N2O2. The van der Waals surface area contributed by atoms with Crippen LogP contribution in [0.4, 0.5) is 11.4 Å². The minimum absolute atomic E-state index is 0.833. The standard InChI is InChI=1S/C16H20N2O2/c1-19-15-8-6-13(7-9-15)17-10-11-18-14-4-3-5-16(12-14)20-2/h3-9,12,17-18H,10-11H2,1-2H3. The van der Waals surface area contributed by atoms with Crippen molar-refractivity contribution in [2.24, 2.45) is 0 Å². The molecule has 20 heavy (non-hydrogen) atoms. The maximum absolute atomic E-state index is 5.18. The average molecular weight is 272 g/mol. The maximum Gasteiger partial charge on any atom is 0.120 e. The molecule has 0 heterocycles. The van der Waals surface area contributed by atoms with E-state index in [0.29, 0.717) is 0 Å². The molecule has 106 valence electrons. The van der Waals surface area contributed by atoms with Crippen LogP contribution in [-0.4, -0.2) is 27.3 Å². The van der Waals surface area contributed by atoms with E-state index < -0.39 is 0 Å². The number of rotatable bonds is 7. The van der Waals surface area contributed by atoms with Crippen molar-refractivity contribution in [2.45, 2.75) is 0 Å². The molecule has 4 heteroatoms. The molecule has 2 N–H and O–H groups in total. The summed E-state index contributed by atoms with van der Waals surface area (Å²) in [6, 6.07) is 15.8. The zero-order valence-electron chi connectivity index (χ0n) is 11.8. The fraction of sp³-hybridized carbons (Fsp3) is 0.250. The van der Waals surface area contributed by atoms with Gasteiger partial charge in [-0.2, -0.15) is 0 Å². The molecule has 4 nitrogen and oxygen atoms in total. The monoisotopic (exact) mass is 272 g/mol. The van der Waals surface area contributed by atoms with Crippen LogP contribution in [-0.2, 0) is 0 Å². The number of anilines is 2. The average Bonchev–Trinajstić information content (AvgIpc) is 2.52. The Morgan fingerprint density at radius 3 is 2.05 bits per heavy atom. The SMILES string of the molecule is COc1ccc(NCCNc2cccc(OC)c2)cc1. The molecule has 0 atom stereocenters. The number of hydrogen-bond donors (Lipinski definition) is 2. The lowest BCUT2D eigenvalue weighted by Crippen LogP contribution is -2.13. The van der Waals surface area contributed by atoms with E-state index in [4.69, 9.17) is 9.47 Å². The minimum atomic E-state index is 0.833. The van der Waals surface area contributed by atoms with Crippen molar-refractivity contribution in [3.8, 4) is 11.5 Å². The summed E-state index contributed by atoms with van der Waals surface area (Å²) in [7, 11) is 3.34. The molecule has 0 saturated carbocycles. The summed E-state index contributed by atoms with van der Waals surface area (Å²) in [6.45, 7) is 1.67. The van der Waals surface area contributed by atoms with Crippen LogP contribution >= 0.6 is 0 Å². The normalized spacial score (nSPS) is 9.90. The van der Waals surface area contributed by atoms with Crippen molar-refractivity contribution in [3.05, 3.63) is 48.5 Å². The maximum atomic E-state index is 5.18. The molecule has 0 amide bonds. The quantitative estimate of drug-likeness (QED) is 0.759. The molecular weight excluding hydrogens is 252 g/mol. The molecule has 0 aliphatic heterocycles. The summed E-state index contributed by atoms with van der Waals surface area (Å²) < 4.78 is 10.3. The van der Waals surface area contributed by atoms with Crippen LogP contribution in [0.25, 0.3) is 0 Å². The van der Waals surface area contributed by atoms with Crippen LogP contribution in [0.15, 0.2) is 48.5 Å². The molecule has 0 aliphatic rings. The third kappa shape index (κ3) is 4.09. The molecule has 0 aromatic heterocycles. The molecule has 0 bridgehead atoms. The van der Waals surface area contributed by atoms with Crippen molar-refractivity contribution in [2.75, 3.05) is 37.9 Å². The predicted octanol–water partition coefficient (Wildman–Crippen LogP) is 3.23. The molecule has 0 radical (unpaired) electrons. The van der Waals surface area contributed by atoms with Crippen molar-refractivity contribution < 1.29 is 9.47 Å². The lowest BCUT2D eigenvalue weighted by atomic mass is 10.3. The van der Waals surface area contributed by atoms with Crippen LogP contribution in [0, 0.1) is 0 Å². The molecule has 0 spiro atoms. The third-order valence-corrected chi connectivity index (χ3v) is 2.94. The third-order valence-electron chi connectivity index (χ3n) is 2.94. The van der Waals surface area contributed by atoms with Crippen LogP contribution in [0.5, 0.6) is 11.5 Å². The second-order valence-corrected chi connectivity index (χ2v) is 4.31. The van der Waals surface area contributed by atoms with Crippen LogP contribution in [0.3, 0.4) is 0 Å². The van der Waals surface area contributed by atoms with Gasteiger partial charge in [0.05, 0.1) is 14.2 Å². The topological polar surface area (TPSA) is 42.5 Å². The van der Waals surface area contributed by atoms with Crippen LogP contribution < -0.4 is 20.1 Å². The van der Waals surface area contributed by atoms with Gasteiger partial charge in [0.25, 0.3) is 0 Å². The van der Waals surface area contributed by atoms with E-state index in [1.54, 1.807) is 14.2 Å². The van der Waals surface area contributed by atoms with Crippen molar-refractivity contribution in [1.82, 2.24) is 0 Å². The molecule has 0 fully saturated rings. The van der Waals surface area contributed by atoms with E-state index in [1.165, 1.54) is 0 Å². The first kappa shape index (κ1) is 14.1. The predicted molar refractivity (Wildman–Crippen MR) is 83.0 cm³/mol. The van der Waals surface area contributed by atoms with Gasteiger partial charge in [0.2, 0.25) is 0 Å². The Morgan fingerprint density at radius 2 is 1.40 bits per heavy atom. The molecule has 2 rings (SSSR count). The number of benzene rings is 2. The highest BCUT2D eigenvalue weighted by molar-refractivity contribution is 5.49. The van der Waals surface area contributed by atoms with E-state index >= 15 is 0 Å². The van der Waals surface area contributed by atoms with E-state index in [-0.39, 0.29) is 0 Å². The molecule has 2 aromatic rings. The molecule has 0 saturated heterocycles. The summed E-state index contributed by atoms with van der Waals surface area (Å²) >= 11 is 0. The number of hydrogen-bond acceptors (Lipinski definition) is 4. The summed E-state index contributed by atoms with van der Waals surface area (Å²) in [6.07, 6.45) is 0. The lowest BCUT2D eigenvalue weighted by molar-refractivity contribution is 0.415. The van der Waals surface area contributed by atoms with Gasteiger partial charge in [-0.25, -0.2) is 0 Å². The van der Waals surface area contributed by atoms with E-state index in [1.807, 2.05) is 48.5 Å². The van der Waals surface area contributed by atoms with Crippen molar-refractivity contribution >= 4 is 11.4 Å². The van der Waals surface area contributed by atoms with Crippen molar-refractivity contribution in [3.63, 3.8) is 0 Å². The van der Waals surface area contributed by atoms with Gasteiger partial charge in [0, 0.05) is 30.5 Å². The van der Waals surface area contributed by atoms with Gasteiger partial charge in [0.15, 0.2) is 0 Å². The summed E-state index contributed by atoms with van der Waals surface area (Å²) in [4.78, 5) is 0. The first-order valence-corrected chi connectivity index (χ1v) is 6.57. The Labute approximate surface area is 119 Å². The highest BCUT2D eigenvalue weighted by Crippen LogP contribution is 2.17. The Morgan fingerprint density at radius 1 is 0.750 bits per heavy atom. The summed E-state index contributed by atoms with van der Waals surface area (Å²) in [5.74, 6) is 1.73. The first-order valence-electron chi connectivity index (χ1n) is 6.57. The largest absolute Gasteiger partial charge is 0.497 e. The van der Waals surface area contributed by atoms with Crippen LogP contribution in [0.1, 0.15) is 0 Å². The second kappa shape index (κ2) is 7.28. The van der Waals surface area contributed by atoms with E-state index in [0.717, 1.165) is 36.0 Å². The highest BCUT2D eigenvalue weighted by Gasteiger charge is 1.96. The minimum Gasteiger partial charge on any atom is -0.497 e. The Bertz CT molecular complexity index is 526.